The Morgan fingerprint density at radius 1 is 0.912 bits per heavy atom. The molecule has 1 fully saturated rings. The summed E-state index contributed by atoms with van der Waals surface area (Å²) in [4.78, 5) is 34.1. The van der Waals surface area contributed by atoms with Crippen LogP contribution in [-0.4, -0.2) is 35.9 Å². The quantitative estimate of drug-likeness (QED) is 0.272. The van der Waals surface area contributed by atoms with Crippen LogP contribution < -0.4 is 9.80 Å². The van der Waals surface area contributed by atoms with E-state index >= 15 is 0 Å². The molecule has 0 bridgehead atoms. The molecule has 1 atom stereocenters. The fraction of sp³-hybridized carbons (Fsp3) is 0.107. The number of amides is 1. The van der Waals surface area contributed by atoms with E-state index in [1.165, 1.54) is 4.90 Å². The Balaban J connectivity index is 1.69. The van der Waals surface area contributed by atoms with E-state index < -0.39 is 17.7 Å². The number of aliphatic hydroxyl groups excluding tert-OH is 1. The number of aliphatic hydroxyl groups is 1. The van der Waals surface area contributed by atoms with Crippen molar-refractivity contribution in [2.24, 2.45) is 0 Å². The van der Waals surface area contributed by atoms with Crippen LogP contribution in [0.3, 0.4) is 0 Å². The molecule has 1 aliphatic rings. The monoisotopic (exact) mass is 449 g/mol. The molecule has 0 aliphatic carbocycles. The van der Waals surface area contributed by atoms with Crippen molar-refractivity contribution < 1.29 is 14.7 Å². The first-order valence-electron chi connectivity index (χ1n) is 10.9. The topological polar surface area (TPSA) is 73.7 Å². The zero-order valence-electron chi connectivity index (χ0n) is 18.8. The molecule has 4 aromatic rings. The Kier molecular flexibility index (Phi) is 5.34. The van der Waals surface area contributed by atoms with Gasteiger partial charge in [0, 0.05) is 43.4 Å². The molecule has 5 rings (SSSR count). The predicted molar refractivity (Wildman–Crippen MR) is 134 cm³/mol. The lowest BCUT2D eigenvalue weighted by Crippen LogP contribution is -2.29. The zero-order valence-corrected chi connectivity index (χ0v) is 18.8. The number of anilines is 2. The smallest absolute Gasteiger partial charge is 0.300 e. The van der Waals surface area contributed by atoms with Crippen LogP contribution in [0.1, 0.15) is 17.2 Å². The predicted octanol–water partition coefficient (Wildman–Crippen LogP) is 4.93. The molecule has 1 unspecified atom stereocenters. The summed E-state index contributed by atoms with van der Waals surface area (Å²) >= 11 is 0. The van der Waals surface area contributed by atoms with Crippen molar-refractivity contribution in [3.05, 3.63) is 108 Å². The summed E-state index contributed by atoms with van der Waals surface area (Å²) in [6, 6.07) is 23.4. The number of hydrogen-bond donors (Lipinski definition) is 1. The Labute approximate surface area is 197 Å². The maximum absolute atomic E-state index is 13.3. The Bertz CT molecular complexity index is 1430. The third-order valence-electron chi connectivity index (χ3n) is 6.11. The fourth-order valence-electron chi connectivity index (χ4n) is 4.36. The number of carbonyl (C=O) groups excluding carboxylic acids is 2. The van der Waals surface area contributed by atoms with Crippen LogP contribution in [0, 0.1) is 0 Å². The van der Waals surface area contributed by atoms with E-state index in [9.17, 15) is 14.7 Å². The van der Waals surface area contributed by atoms with Gasteiger partial charge in [0.25, 0.3) is 11.7 Å². The Hall–Kier alpha value is -4.45. The first-order valence-corrected chi connectivity index (χ1v) is 10.9. The number of ketones is 1. The van der Waals surface area contributed by atoms with E-state index in [1.807, 2.05) is 67.5 Å². The zero-order chi connectivity index (χ0) is 23.8. The molecule has 168 valence electrons. The van der Waals surface area contributed by atoms with Gasteiger partial charge in [-0.15, -0.1) is 0 Å². The van der Waals surface area contributed by atoms with Gasteiger partial charge in [-0.3, -0.25) is 19.5 Å². The molecule has 0 saturated carbocycles. The third-order valence-corrected chi connectivity index (χ3v) is 6.11. The molecular weight excluding hydrogens is 426 g/mol. The minimum atomic E-state index is -0.801. The van der Waals surface area contributed by atoms with Crippen LogP contribution >= 0.6 is 0 Å². The summed E-state index contributed by atoms with van der Waals surface area (Å²) in [5.74, 6) is -1.62. The van der Waals surface area contributed by atoms with E-state index in [1.54, 1.807) is 42.7 Å². The maximum Gasteiger partial charge on any atom is 0.300 e. The SMILES string of the molecule is CN(C)c1ccc(N2C(=O)C(=O)/C(=C(\O)c3ccc4ccccc4c3)C2c2cccnc2)cc1. The van der Waals surface area contributed by atoms with Gasteiger partial charge < -0.3 is 10.0 Å². The van der Waals surface area contributed by atoms with E-state index in [4.69, 9.17) is 0 Å². The van der Waals surface area contributed by atoms with Gasteiger partial charge in [0.1, 0.15) is 5.76 Å². The molecule has 6 heteroatoms. The van der Waals surface area contributed by atoms with Gasteiger partial charge in [-0.25, -0.2) is 0 Å². The van der Waals surface area contributed by atoms with E-state index in [2.05, 4.69) is 4.98 Å². The van der Waals surface area contributed by atoms with Gasteiger partial charge in [-0.1, -0.05) is 42.5 Å². The minimum Gasteiger partial charge on any atom is -0.507 e. The maximum atomic E-state index is 13.3. The molecule has 1 amide bonds. The fourth-order valence-corrected chi connectivity index (χ4v) is 4.36. The van der Waals surface area contributed by atoms with Crippen molar-refractivity contribution in [1.82, 2.24) is 4.98 Å². The van der Waals surface area contributed by atoms with Crippen LogP contribution in [0.2, 0.25) is 0 Å². The molecule has 1 saturated heterocycles. The Morgan fingerprint density at radius 3 is 2.32 bits per heavy atom. The Morgan fingerprint density at radius 2 is 1.65 bits per heavy atom. The molecule has 1 aromatic heterocycles. The molecule has 0 radical (unpaired) electrons. The highest BCUT2D eigenvalue weighted by molar-refractivity contribution is 6.51. The third kappa shape index (κ3) is 3.59. The first-order chi connectivity index (χ1) is 16.5. The molecule has 34 heavy (non-hydrogen) atoms. The molecular formula is C28H23N3O3. The lowest BCUT2D eigenvalue weighted by Gasteiger charge is -2.25. The van der Waals surface area contributed by atoms with E-state index in [0.717, 1.165) is 16.5 Å². The number of nitrogens with zero attached hydrogens (tertiary/aromatic N) is 3. The molecule has 2 heterocycles. The lowest BCUT2D eigenvalue weighted by atomic mass is 9.95. The number of rotatable bonds is 4. The van der Waals surface area contributed by atoms with E-state index in [0.29, 0.717) is 16.8 Å². The van der Waals surface area contributed by atoms with Crippen LogP contribution in [0.5, 0.6) is 0 Å². The second-order valence-electron chi connectivity index (χ2n) is 8.43. The van der Waals surface area contributed by atoms with Crippen LogP contribution in [0.15, 0.2) is 96.8 Å². The lowest BCUT2D eigenvalue weighted by molar-refractivity contribution is -0.132. The van der Waals surface area contributed by atoms with Crippen molar-refractivity contribution in [3.8, 4) is 0 Å². The molecule has 3 aromatic carbocycles. The summed E-state index contributed by atoms with van der Waals surface area (Å²) < 4.78 is 0. The molecule has 1 aliphatic heterocycles. The molecule has 6 nitrogen and oxygen atoms in total. The average molecular weight is 450 g/mol. The normalized spacial score (nSPS) is 17.4. The summed E-state index contributed by atoms with van der Waals surface area (Å²) in [6.07, 6.45) is 3.25. The standard InChI is InChI=1S/C28H23N3O3/c1-30(2)22-11-13-23(14-12-22)31-25(21-8-5-15-29-17-21)24(27(33)28(31)34)26(32)20-10-9-18-6-3-4-7-19(18)16-20/h3-17,25,32H,1-2H3/b26-24-. The minimum absolute atomic E-state index is 0.0463. The number of aromatic nitrogens is 1. The van der Waals surface area contributed by atoms with Crippen molar-refractivity contribution in [3.63, 3.8) is 0 Å². The number of benzene rings is 3. The summed E-state index contributed by atoms with van der Waals surface area (Å²) in [5.41, 5.74) is 2.70. The van der Waals surface area contributed by atoms with Gasteiger partial charge in [-0.05, 0) is 52.7 Å². The van der Waals surface area contributed by atoms with Gasteiger partial charge in [0.05, 0.1) is 11.6 Å². The van der Waals surface area contributed by atoms with Crippen LogP contribution in [0.4, 0.5) is 11.4 Å². The van der Waals surface area contributed by atoms with Gasteiger partial charge in [0.15, 0.2) is 0 Å². The first kappa shape index (κ1) is 21.4. The second kappa shape index (κ2) is 8.48. The van der Waals surface area contributed by atoms with Crippen LogP contribution in [0.25, 0.3) is 16.5 Å². The number of carbonyl (C=O) groups is 2. The summed E-state index contributed by atoms with van der Waals surface area (Å²) in [6.45, 7) is 0. The van der Waals surface area contributed by atoms with Crippen molar-refractivity contribution in [2.75, 3.05) is 23.9 Å². The van der Waals surface area contributed by atoms with Gasteiger partial charge in [0.2, 0.25) is 0 Å². The van der Waals surface area contributed by atoms with Crippen molar-refractivity contribution in [1.29, 1.82) is 0 Å². The molecule has 0 spiro atoms. The highest BCUT2D eigenvalue weighted by Gasteiger charge is 2.47. The number of fused-ring (bicyclic) bond motifs is 1. The highest BCUT2D eigenvalue weighted by atomic mass is 16.3. The van der Waals surface area contributed by atoms with Gasteiger partial charge >= 0.3 is 0 Å². The van der Waals surface area contributed by atoms with Crippen LogP contribution in [-0.2, 0) is 9.59 Å². The average Bonchev–Trinajstić information content (AvgIpc) is 3.14. The van der Waals surface area contributed by atoms with E-state index in [-0.39, 0.29) is 11.3 Å². The van der Waals surface area contributed by atoms with Crippen molar-refractivity contribution >= 4 is 39.6 Å². The summed E-state index contributed by atoms with van der Waals surface area (Å²) in [7, 11) is 3.86. The number of Topliss-reactive ketones (excluding diaryl/α,β-unsaturated/α-hetero) is 1. The van der Waals surface area contributed by atoms with Gasteiger partial charge in [-0.2, -0.15) is 0 Å². The molecule has 1 N–H and O–H groups in total. The highest BCUT2D eigenvalue weighted by Crippen LogP contribution is 2.42. The van der Waals surface area contributed by atoms with Crippen molar-refractivity contribution in [2.45, 2.75) is 6.04 Å². The number of pyridine rings is 1. The summed E-state index contributed by atoms with van der Waals surface area (Å²) in [5, 5.41) is 13.3. The second-order valence-corrected chi connectivity index (χ2v) is 8.43. The largest absolute Gasteiger partial charge is 0.507 e. The number of hydrogen-bond acceptors (Lipinski definition) is 5.